The molecule has 136 valence electrons. The SMILES string of the molecule is COc1ccc(NC(=O)Cn2cnc3c(oc4ccccc43)c2=O)cc1Cl. The van der Waals surface area contributed by atoms with Gasteiger partial charge < -0.3 is 14.5 Å². The Hall–Kier alpha value is -3.32. The van der Waals surface area contributed by atoms with Crippen LogP contribution in [0, 0.1) is 0 Å². The molecular weight excluding hydrogens is 370 g/mol. The molecule has 0 atom stereocenters. The number of aromatic nitrogens is 2. The Labute approximate surface area is 158 Å². The van der Waals surface area contributed by atoms with Gasteiger partial charge in [0.2, 0.25) is 11.5 Å². The molecule has 0 bridgehead atoms. The summed E-state index contributed by atoms with van der Waals surface area (Å²) >= 11 is 6.05. The molecule has 27 heavy (non-hydrogen) atoms. The van der Waals surface area contributed by atoms with Crippen molar-refractivity contribution in [1.29, 1.82) is 0 Å². The number of hydrogen-bond donors (Lipinski definition) is 1. The molecule has 2 aromatic heterocycles. The number of para-hydroxylation sites is 1. The van der Waals surface area contributed by atoms with Gasteiger partial charge in [-0.05, 0) is 30.3 Å². The summed E-state index contributed by atoms with van der Waals surface area (Å²) in [7, 11) is 1.51. The van der Waals surface area contributed by atoms with Crippen molar-refractivity contribution < 1.29 is 13.9 Å². The number of fused-ring (bicyclic) bond motifs is 3. The highest BCUT2D eigenvalue weighted by molar-refractivity contribution is 6.32. The third-order valence-corrected chi connectivity index (χ3v) is 4.40. The van der Waals surface area contributed by atoms with Crippen LogP contribution in [0.5, 0.6) is 5.75 Å². The van der Waals surface area contributed by atoms with E-state index in [1.807, 2.05) is 18.2 Å². The minimum Gasteiger partial charge on any atom is -0.495 e. The van der Waals surface area contributed by atoms with Crippen molar-refractivity contribution in [3.63, 3.8) is 0 Å². The molecule has 0 aliphatic heterocycles. The van der Waals surface area contributed by atoms with Gasteiger partial charge in [-0.15, -0.1) is 0 Å². The Kier molecular flexibility index (Phi) is 4.29. The van der Waals surface area contributed by atoms with Crippen LogP contribution in [-0.2, 0) is 11.3 Å². The highest BCUT2D eigenvalue weighted by atomic mass is 35.5. The van der Waals surface area contributed by atoms with Crippen LogP contribution in [0.3, 0.4) is 0 Å². The lowest BCUT2D eigenvalue weighted by molar-refractivity contribution is -0.116. The number of ether oxygens (including phenoxy) is 1. The molecule has 1 amide bonds. The molecule has 0 fully saturated rings. The first-order valence-corrected chi connectivity index (χ1v) is 8.44. The van der Waals surface area contributed by atoms with Gasteiger partial charge in [0, 0.05) is 11.1 Å². The Morgan fingerprint density at radius 3 is 2.89 bits per heavy atom. The van der Waals surface area contributed by atoms with E-state index in [0.717, 1.165) is 5.39 Å². The molecule has 1 N–H and O–H groups in total. The number of nitrogens with zero attached hydrogens (tertiary/aromatic N) is 2. The number of anilines is 1. The van der Waals surface area contributed by atoms with Crippen LogP contribution in [0.15, 0.2) is 58.0 Å². The van der Waals surface area contributed by atoms with E-state index >= 15 is 0 Å². The quantitative estimate of drug-likeness (QED) is 0.583. The summed E-state index contributed by atoms with van der Waals surface area (Å²) in [6.45, 7) is -0.206. The molecule has 0 saturated carbocycles. The molecule has 7 nitrogen and oxygen atoms in total. The fourth-order valence-corrected chi connectivity index (χ4v) is 3.08. The summed E-state index contributed by atoms with van der Waals surface area (Å²) < 4.78 is 11.9. The summed E-state index contributed by atoms with van der Waals surface area (Å²) in [5.41, 5.74) is 1.26. The number of rotatable bonds is 4. The van der Waals surface area contributed by atoms with Crippen molar-refractivity contribution in [1.82, 2.24) is 9.55 Å². The molecule has 0 aliphatic rings. The average molecular weight is 384 g/mol. The van der Waals surface area contributed by atoms with Gasteiger partial charge in [-0.2, -0.15) is 0 Å². The number of carbonyl (C=O) groups is 1. The Bertz CT molecular complexity index is 1230. The maximum absolute atomic E-state index is 12.6. The lowest BCUT2D eigenvalue weighted by Crippen LogP contribution is -2.27. The molecule has 4 rings (SSSR count). The van der Waals surface area contributed by atoms with Crippen molar-refractivity contribution in [3.8, 4) is 5.75 Å². The third kappa shape index (κ3) is 3.13. The Balaban J connectivity index is 1.60. The van der Waals surface area contributed by atoms with Crippen molar-refractivity contribution in [2.45, 2.75) is 6.54 Å². The number of methoxy groups -OCH3 is 1. The molecule has 4 aromatic rings. The zero-order valence-corrected chi connectivity index (χ0v) is 15.0. The summed E-state index contributed by atoms with van der Waals surface area (Å²) in [6, 6.07) is 12.1. The highest BCUT2D eigenvalue weighted by Crippen LogP contribution is 2.27. The lowest BCUT2D eigenvalue weighted by Gasteiger charge is -2.09. The number of halogens is 1. The third-order valence-electron chi connectivity index (χ3n) is 4.10. The van der Waals surface area contributed by atoms with E-state index in [1.54, 1.807) is 24.3 Å². The zero-order valence-electron chi connectivity index (χ0n) is 14.2. The van der Waals surface area contributed by atoms with Gasteiger partial charge in [-0.25, -0.2) is 4.98 Å². The van der Waals surface area contributed by atoms with E-state index in [1.165, 1.54) is 18.0 Å². The van der Waals surface area contributed by atoms with Crippen LogP contribution in [-0.4, -0.2) is 22.6 Å². The normalized spacial score (nSPS) is 11.0. The predicted octanol–water partition coefficient (Wildman–Crippen LogP) is 3.44. The fourth-order valence-electron chi connectivity index (χ4n) is 2.83. The number of hydrogen-bond acceptors (Lipinski definition) is 5. The first-order chi connectivity index (χ1) is 13.1. The summed E-state index contributed by atoms with van der Waals surface area (Å²) in [5.74, 6) is 0.112. The van der Waals surface area contributed by atoms with E-state index in [-0.39, 0.29) is 12.1 Å². The van der Waals surface area contributed by atoms with E-state index in [0.29, 0.717) is 27.6 Å². The lowest BCUT2D eigenvalue weighted by atomic mass is 10.2. The van der Waals surface area contributed by atoms with E-state index in [9.17, 15) is 9.59 Å². The Morgan fingerprint density at radius 2 is 2.11 bits per heavy atom. The molecule has 2 aromatic carbocycles. The number of nitrogens with one attached hydrogen (secondary N) is 1. The molecular formula is C19H14ClN3O4. The van der Waals surface area contributed by atoms with Crippen LogP contribution < -0.4 is 15.6 Å². The number of carbonyl (C=O) groups excluding carboxylic acids is 1. The fraction of sp³-hybridized carbons (Fsp3) is 0.105. The van der Waals surface area contributed by atoms with E-state index in [4.69, 9.17) is 20.8 Å². The zero-order chi connectivity index (χ0) is 19.0. The molecule has 0 aliphatic carbocycles. The predicted molar refractivity (Wildman–Crippen MR) is 102 cm³/mol. The minimum atomic E-state index is -0.417. The van der Waals surface area contributed by atoms with Gasteiger partial charge in [0.25, 0.3) is 5.56 Å². The second kappa shape index (κ2) is 6.77. The molecule has 0 radical (unpaired) electrons. The Morgan fingerprint density at radius 1 is 1.30 bits per heavy atom. The molecule has 0 saturated heterocycles. The highest BCUT2D eigenvalue weighted by Gasteiger charge is 2.14. The topological polar surface area (TPSA) is 86.4 Å². The van der Waals surface area contributed by atoms with Crippen LogP contribution in [0.2, 0.25) is 5.02 Å². The van der Waals surface area contributed by atoms with Crippen molar-refractivity contribution in [2.75, 3.05) is 12.4 Å². The van der Waals surface area contributed by atoms with E-state index < -0.39 is 11.5 Å². The standard InChI is InChI=1S/C19H14ClN3O4/c1-26-15-7-6-11(8-13(15)20)22-16(24)9-23-10-21-17-12-4-2-3-5-14(12)27-18(17)19(23)25/h2-8,10H,9H2,1H3,(H,22,24). The summed E-state index contributed by atoms with van der Waals surface area (Å²) in [5, 5.41) is 3.82. The summed E-state index contributed by atoms with van der Waals surface area (Å²) in [4.78, 5) is 29.2. The number of benzene rings is 2. The van der Waals surface area contributed by atoms with Gasteiger partial charge in [0.1, 0.15) is 23.4 Å². The average Bonchev–Trinajstić information content (AvgIpc) is 3.04. The van der Waals surface area contributed by atoms with Crippen molar-refractivity contribution in [3.05, 3.63) is 64.2 Å². The van der Waals surface area contributed by atoms with Gasteiger partial charge in [0.05, 0.1) is 18.5 Å². The minimum absolute atomic E-state index is 0.124. The second-order valence-electron chi connectivity index (χ2n) is 5.85. The molecule has 0 unspecified atom stereocenters. The maximum Gasteiger partial charge on any atom is 0.297 e. The number of amides is 1. The van der Waals surface area contributed by atoms with Crippen LogP contribution >= 0.6 is 11.6 Å². The largest absolute Gasteiger partial charge is 0.495 e. The van der Waals surface area contributed by atoms with Crippen LogP contribution in [0.4, 0.5) is 5.69 Å². The van der Waals surface area contributed by atoms with Crippen LogP contribution in [0.1, 0.15) is 0 Å². The second-order valence-corrected chi connectivity index (χ2v) is 6.26. The van der Waals surface area contributed by atoms with Gasteiger partial charge in [0.15, 0.2) is 0 Å². The smallest absolute Gasteiger partial charge is 0.297 e. The molecule has 8 heteroatoms. The first-order valence-electron chi connectivity index (χ1n) is 8.07. The molecule has 2 heterocycles. The van der Waals surface area contributed by atoms with Gasteiger partial charge in [-0.1, -0.05) is 23.7 Å². The van der Waals surface area contributed by atoms with Crippen LogP contribution in [0.25, 0.3) is 22.1 Å². The van der Waals surface area contributed by atoms with Crippen molar-refractivity contribution >= 4 is 45.3 Å². The monoisotopic (exact) mass is 383 g/mol. The summed E-state index contributed by atoms with van der Waals surface area (Å²) in [6.07, 6.45) is 1.34. The van der Waals surface area contributed by atoms with E-state index in [2.05, 4.69) is 10.3 Å². The van der Waals surface area contributed by atoms with Crippen molar-refractivity contribution in [2.24, 2.45) is 0 Å². The molecule has 0 spiro atoms. The van der Waals surface area contributed by atoms with Gasteiger partial charge in [-0.3, -0.25) is 14.2 Å². The van der Waals surface area contributed by atoms with Gasteiger partial charge >= 0.3 is 0 Å². The maximum atomic E-state index is 12.6. The first kappa shape index (κ1) is 17.1. The number of furan rings is 1.